The molecule has 0 fully saturated rings. The van der Waals surface area contributed by atoms with Crippen molar-refractivity contribution < 1.29 is 9.59 Å². The van der Waals surface area contributed by atoms with Crippen molar-refractivity contribution in [3.63, 3.8) is 0 Å². The second kappa shape index (κ2) is 10.7. The maximum Gasteiger partial charge on any atom is 0.236 e. The molecule has 6 nitrogen and oxygen atoms in total. The van der Waals surface area contributed by atoms with Crippen LogP contribution in [0.25, 0.3) is 0 Å². The summed E-state index contributed by atoms with van der Waals surface area (Å²) in [6.07, 6.45) is 5.77. The van der Waals surface area contributed by atoms with Crippen molar-refractivity contribution in [3.8, 4) is 0 Å². The Hall–Kier alpha value is -0.980. The van der Waals surface area contributed by atoms with Gasteiger partial charge in [0.25, 0.3) is 0 Å². The van der Waals surface area contributed by atoms with Crippen LogP contribution < -0.4 is 22.5 Å². The summed E-state index contributed by atoms with van der Waals surface area (Å²) in [7, 11) is 0. The average molecular weight is 300 g/mol. The van der Waals surface area contributed by atoms with E-state index in [0.717, 1.165) is 38.4 Å². The molecule has 7 N–H and O–H groups in total. The van der Waals surface area contributed by atoms with Crippen LogP contribution in [0.15, 0.2) is 0 Å². The minimum atomic E-state index is -0.490. The second-order valence-electron chi connectivity index (χ2n) is 6.24. The van der Waals surface area contributed by atoms with E-state index in [2.05, 4.69) is 5.32 Å². The molecule has 0 saturated carbocycles. The van der Waals surface area contributed by atoms with E-state index in [1.807, 2.05) is 13.8 Å². The Labute approximate surface area is 128 Å². The fourth-order valence-electron chi connectivity index (χ4n) is 2.09. The molecule has 2 atom stereocenters. The molecule has 0 heterocycles. The molecule has 0 bridgehead atoms. The largest absolute Gasteiger partial charge is 0.355 e. The molecular formula is C15H32N4O2. The Kier molecular flexibility index (Phi) is 10.2. The summed E-state index contributed by atoms with van der Waals surface area (Å²) in [5.41, 5.74) is 16.6. The van der Waals surface area contributed by atoms with Gasteiger partial charge < -0.3 is 27.3 Å². The molecular weight excluding hydrogens is 268 g/mol. The van der Waals surface area contributed by atoms with Crippen LogP contribution in [0.5, 0.6) is 0 Å². The molecule has 0 aromatic heterocycles. The van der Waals surface area contributed by atoms with Crippen LogP contribution in [0.3, 0.4) is 0 Å². The number of carbonyl (C=O) groups is 2. The van der Waals surface area contributed by atoms with Gasteiger partial charge in [0.1, 0.15) is 6.29 Å². The topological polar surface area (TPSA) is 124 Å². The molecule has 0 aliphatic heterocycles. The number of hydrogen-bond donors (Lipinski definition) is 4. The van der Waals surface area contributed by atoms with Gasteiger partial charge in [0.05, 0.1) is 6.04 Å². The van der Waals surface area contributed by atoms with Crippen molar-refractivity contribution in [2.24, 2.45) is 23.1 Å². The van der Waals surface area contributed by atoms with Crippen molar-refractivity contribution in [1.29, 1.82) is 0 Å². The van der Waals surface area contributed by atoms with Crippen molar-refractivity contribution in [3.05, 3.63) is 0 Å². The summed E-state index contributed by atoms with van der Waals surface area (Å²) < 4.78 is 0. The maximum absolute atomic E-state index is 11.7. The van der Waals surface area contributed by atoms with Gasteiger partial charge in [-0.3, -0.25) is 4.79 Å². The molecule has 0 spiro atoms. The molecule has 0 rings (SSSR count). The summed E-state index contributed by atoms with van der Waals surface area (Å²) in [6, 6.07) is -0.456. The van der Waals surface area contributed by atoms with E-state index < -0.39 is 11.6 Å². The zero-order chi connectivity index (χ0) is 16.3. The predicted molar refractivity (Wildman–Crippen MR) is 85.6 cm³/mol. The number of nitrogens with two attached hydrogens (primary N) is 3. The number of amides is 1. The molecule has 21 heavy (non-hydrogen) atoms. The summed E-state index contributed by atoms with van der Waals surface area (Å²) in [5, 5.41) is 2.83. The van der Waals surface area contributed by atoms with Gasteiger partial charge in [-0.1, -0.05) is 12.8 Å². The first-order valence-corrected chi connectivity index (χ1v) is 7.80. The third-order valence-corrected chi connectivity index (χ3v) is 3.67. The Morgan fingerprint density at radius 2 is 1.81 bits per heavy atom. The molecule has 2 unspecified atom stereocenters. The van der Waals surface area contributed by atoms with E-state index in [4.69, 9.17) is 17.2 Å². The fraction of sp³-hybridized carbons (Fsp3) is 0.867. The number of carbonyl (C=O) groups excluding carboxylic acids is 2. The summed E-state index contributed by atoms with van der Waals surface area (Å²) in [6.45, 7) is 4.92. The molecule has 0 aliphatic carbocycles. The summed E-state index contributed by atoms with van der Waals surface area (Å²) in [4.78, 5) is 22.7. The number of rotatable bonds is 12. The highest BCUT2D eigenvalue weighted by molar-refractivity contribution is 5.81. The third kappa shape index (κ3) is 9.55. The number of unbranched alkanes of at least 4 members (excludes halogenated alkanes) is 2. The quantitative estimate of drug-likeness (QED) is 0.304. The van der Waals surface area contributed by atoms with Crippen LogP contribution in [-0.4, -0.2) is 36.9 Å². The lowest BCUT2D eigenvalue weighted by molar-refractivity contribution is -0.122. The Morgan fingerprint density at radius 1 is 1.19 bits per heavy atom. The zero-order valence-electron chi connectivity index (χ0n) is 13.4. The molecule has 1 amide bonds. The van der Waals surface area contributed by atoms with Gasteiger partial charge >= 0.3 is 0 Å². The average Bonchev–Trinajstić information content (AvgIpc) is 2.41. The summed E-state index contributed by atoms with van der Waals surface area (Å²) in [5.74, 6) is -0.259. The van der Waals surface area contributed by atoms with Gasteiger partial charge in [0.2, 0.25) is 5.91 Å². The van der Waals surface area contributed by atoms with Crippen molar-refractivity contribution in [2.45, 2.75) is 64.0 Å². The van der Waals surface area contributed by atoms with Gasteiger partial charge in [-0.25, -0.2) is 0 Å². The highest BCUT2D eigenvalue weighted by Crippen LogP contribution is 2.17. The molecule has 0 aromatic carbocycles. The molecule has 6 heteroatoms. The van der Waals surface area contributed by atoms with Crippen molar-refractivity contribution in [1.82, 2.24) is 5.32 Å². The number of aldehydes is 1. The fourth-order valence-corrected chi connectivity index (χ4v) is 2.09. The number of hydrogen-bond acceptors (Lipinski definition) is 5. The first-order valence-electron chi connectivity index (χ1n) is 7.80. The van der Waals surface area contributed by atoms with Crippen LogP contribution in [0, 0.1) is 5.92 Å². The van der Waals surface area contributed by atoms with Gasteiger partial charge in [0.15, 0.2) is 0 Å². The van der Waals surface area contributed by atoms with Crippen LogP contribution in [0.4, 0.5) is 0 Å². The molecule has 0 aromatic rings. The lowest BCUT2D eigenvalue weighted by atomic mass is 9.86. The molecule has 0 radical (unpaired) electrons. The smallest absolute Gasteiger partial charge is 0.236 e. The minimum absolute atomic E-state index is 0.113. The van der Waals surface area contributed by atoms with E-state index in [1.165, 1.54) is 0 Å². The highest BCUT2D eigenvalue weighted by Gasteiger charge is 2.23. The second-order valence-corrected chi connectivity index (χ2v) is 6.24. The Balaban J connectivity index is 3.75. The lowest BCUT2D eigenvalue weighted by Gasteiger charge is -2.25. The standard InChI is InChI=1S/C15H32N4O2/c1-15(2,18)12(11-20)7-4-6-10-19-14(21)13(17)8-3-5-9-16/h11-13H,3-10,16-18H2,1-2H3,(H,19,21). The third-order valence-electron chi connectivity index (χ3n) is 3.67. The minimum Gasteiger partial charge on any atom is -0.355 e. The molecule has 0 aliphatic rings. The Morgan fingerprint density at radius 3 is 2.33 bits per heavy atom. The highest BCUT2D eigenvalue weighted by atomic mass is 16.2. The molecule has 0 saturated heterocycles. The monoisotopic (exact) mass is 300 g/mol. The summed E-state index contributed by atoms with van der Waals surface area (Å²) >= 11 is 0. The maximum atomic E-state index is 11.7. The van der Waals surface area contributed by atoms with Crippen molar-refractivity contribution >= 4 is 12.2 Å². The van der Waals surface area contributed by atoms with Crippen LogP contribution in [-0.2, 0) is 9.59 Å². The van der Waals surface area contributed by atoms with E-state index >= 15 is 0 Å². The van der Waals surface area contributed by atoms with Gasteiger partial charge in [-0.05, 0) is 46.1 Å². The van der Waals surface area contributed by atoms with E-state index in [9.17, 15) is 9.59 Å². The van der Waals surface area contributed by atoms with Gasteiger partial charge in [-0.2, -0.15) is 0 Å². The first-order chi connectivity index (χ1) is 9.82. The van der Waals surface area contributed by atoms with Crippen LogP contribution in [0.1, 0.15) is 52.4 Å². The van der Waals surface area contributed by atoms with Crippen LogP contribution >= 0.6 is 0 Å². The first kappa shape index (κ1) is 20.0. The predicted octanol–water partition coefficient (Wildman–Crippen LogP) is 0.282. The SMILES string of the molecule is CC(C)(N)C(C=O)CCCCNC(=O)C(N)CCCCN. The van der Waals surface area contributed by atoms with E-state index in [0.29, 0.717) is 19.5 Å². The van der Waals surface area contributed by atoms with Gasteiger partial charge in [0, 0.05) is 18.0 Å². The van der Waals surface area contributed by atoms with E-state index in [1.54, 1.807) is 0 Å². The van der Waals surface area contributed by atoms with Crippen molar-refractivity contribution in [2.75, 3.05) is 13.1 Å². The Bertz CT molecular complexity index is 303. The number of nitrogens with one attached hydrogen (secondary N) is 1. The molecule has 124 valence electrons. The van der Waals surface area contributed by atoms with Crippen LogP contribution in [0.2, 0.25) is 0 Å². The zero-order valence-corrected chi connectivity index (χ0v) is 13.4. The normalized spacial score (nSPS) is 14.5. The van der Waals surface area contributed by atoms with Gasteiger partial charge in [-0.15, -0.1) is 0 Å². The lowest BCUT2D eigenvalue weighted by Crippen LogP contribution is -2.42. The van der Waals surface area contributed by atoms with E-state index in [-0.39, 0.29) is 11.8 Å².